The number of methoxy groups -OCH3 is 1. The van der Waals surface area contributed by atoms with Crippen molar-refractivity contribution < 1.29 is 13.9 Å². The van der Waals surface area contributed by atoms with E-state index in [1.165, 1.54) is 5.56 Å². The van der Waals surface area contributed by atoms with E-state index in [1.54, 1.807) is 13.3 Å². The fourth-order valence-corrected chi connectivity index (χ4v) is 4.70. The van der Waals surface area contributed by atoms with Crippen LogP contribution in [0.2, 0.25) is 0 Å². The van der Waals surface area contributed by atoms with Crippen molar-refractivity contribution >= 4 is 5.91 Å². The van der Waals surface area contributed by atoms with Gasteiger partial charge in [-0.2, -0.15) is 0 Å². The zero-order chi connectivity index (χ0) is 23.0. The van der Waals surface area contributed by atoms with Gasteiger partial charge in [0.25, 0.3) is 0 Å². The van der Waals surface area contributed by atoms with Gasteiger partial charge in [0.2, 0.25) is 5.91 Å². The summed E-state index contributed by atoms with van der Waals surface area (Å²) in [6, 6.07) is 18.5. The van der Waals surface area contributed by atoms with Crippen LogP contribution in [0.1, 0.15) is 43.2 Å². The minimum absolute atomic E-state index is 0.0894. The Balaban J connectivity index is 1.25. The summed E-state index contributed by atoms with van der Waals surface area (Å²) >= 11 is 0. The van der Waals surface area contributed by atoms with Crippen LogP contribution in [0.3, 0.4) is 0 Å². The number of carbonyl (C=O) groups excluding carboxylic acids is 1. The Morgan fingerprint density at radius 1 is 1.18 bits per heavy atom. The van der Waals surface area contributed by atoms with Crippen LogP contribution in [0.25, 0.3) is 11.3 Å². The highest BCUT2D eigenvalue weighted by Gasteiger charge is 2.30. The van der Waals surface area contributed by atoms with Crippen LogP contribution in [0.15, 0.2) is 65.2 Å². The summed E-state index contributed by atoms with van der Waals surface area (Å²) in [6.07, 6.45) is 5.86. The van der Waals surface area contributed by atoms with E-state index in [9.17, 15) is 4.79 Å². The molecule has 1 amide bonds. The molecule has 1 aliphatic rings. The Kier molecular flexibility index (Phi) is 7.79. The maximum atomic E-state index is 12.5. The van der Waals surface area contributed by atoms with Crippen molar-refractivity contribution in [3.8, 4) is 17.1 Å². The molecule has 2 unspecified atom stereocenters. The first-order valence-corrected chi connectivity index (χ1v) is 11.7. The molecular formula is C27H33N3O3. The third-order valence-corrected chi connectivity index (χ3v) is 6.43. The van der Waals surface area contributed by atoms with Crippen molar-refractivity contribution in [2.75, 3.05) is 27.2 Å². The number of oxazole rings is 1. The number of piperidine rings is 1. The highest BCUT2D eigenvalue weighted by atomic mass is 16.5. The Hall–Kier alpha value is -3.12. The van der Waals surface area contributed by atoms with Gasteiger partial charge in [0.1, 0.15) is 5.75 Å². The predicted octanol–water partition coefficient (Wildman–Crippen LogP) is 4.87. The monoisotopic (exact) mass is 447 g/mol. The van der Waals surface area contributed by atoms with Crippen LogP contribution in [-0.4, -0.2) is 43.0 Å². The second-order valence-corrected chi connectivity index (χ2v) is 8.74. The molecule has 1 fully saturated rings. The third kappa shape index (κ3) is 6.02. The van der Waals surface area contributed by atoms with E-state index < -0.39 is 0 Å². The van der Waals surface area contributed by atoms with Gasteiger partial charge in [-0.25, -0.2) is 4.98 Å². The first kappa shape index (κ1) is 23.1. The predicted molar refractivity (Wildman–Crippen MR) is 129 cm³/mol. The van der Waals surface area contributed by atoms with Crippen molar-refractivity contribution in [1.29, 1.82) is 0 Å². The molecule has 2 heterocycles. The van der Waals surface area contributed by atoms with Gasteiger partial charge in [0.15, 0.2) is 11.7 Å². The lowest BCUT2D eigenvalue weighted by Gasteiger charge is -2.39. The molecule has 0 spiro atoms. The van der Waals surface area contributed by atoms with E-state index in [2.05, 4.69) is 34.4 Å². The highest BCUT2D eigenvalue weighted by Crippen LogP contribution is 2.35. The molecule has 0 aliphatic carbocycles. The van der Waals surface area contributed by atoms with Crippen LogP contribution in [0.4, 0.5) is 0 Å². The topological polar surface area (TPSA) is 67.6 Å². The fourth-order valence-electron chi connectivity index (χ4n) is 4.70. The summed E-state index contributed by atoms with van der Waals surface area (Å²) in [5.41, 5.74) is 2.29. The summed E-state index contributed by atoms with van der Waals surface area (Å²) in [5, 5.41) is 3.17. The first-order chi connectivity index (χ1) is 16.1. The van der Waals surface area contributed by atoms with Gasteiger partial charge in [0.05, 0.1) is 13.3 Å². The van der Waals surface area contributed by atoms with Crippen molar-refractivity contribution in [3.63, 3.8) is 0 Å². The second kappa shape index (κ2) is 11.1. The van der Waals surface area contributed by atoms with E-state index in [0.717, 1.165) is 36.5 Å². The van der Waals surface area contributed by atoms with E-state index in [-0.39, 0.29) is 5.91 Å². The molecule has 2 aromatic carbocycles. The van der Waals surface area contributed by atoms with Crippen LogP contribution >= 0.6 is 0 Å². The van der Waals surface area contributed by atoms with Crippen LogP contribution in [0, 0.1) is 5.92 Å². The molecular weight excluding hydrogens is 414 g/mol. The lowest BCUT2D eigenvalue weighted by molar-refractivity contribution is -0.121. The molecule has 174 valence electrons. The molecule has 0 radical (unpaired) electrons. The smallest absolute Gasteiger partial charge is 0.220 e. The van der Waals surface area contributed by atoms with Crippen LogP contribution < -0.4 is 10.1 Å². The molecule has 6 heteroatoms. The van der Waals surface area contributed by atoms with E-state index in [0.29, 0.717) is 43.7 Å². The molecule has 4 rings (SSSR count). The van der Waals surface area contributed by atoms with Gasteiger partial charge in [-0.05, 0) is 56.5 Å². The minimum Gasteiger partial charge on any atom is -0.497 e. The second-order valence-electron chi connectivity index (χ2n) is 8.74. The fraction of sp³-hybridized carbons (Fsp3) is 0.407. The third-order valence-electron chi connectivity index (χ3n) is 6.43. The maximum Gasteiger partial charge on any atom is 0.220 e. The number of hydrogen-bond acceptors (Lipinski definition) is 5. The van der Waals surface area contributed by atoms with E-state index in [1.807, 2.05) is 42.5 Å². The number of benzene rings is 2. The number of ether oxygens (including phenoxy) is 1. The number of nitrogens with one attached hydrogen (secondary N) is 1. The molecule has 1 aromatic heterocycles. The maximum absolute atomic E-state index is 12.5. The average Bonchev–Trinajstić information content (AvgIpc) is 3.32. The number of carbonyl (C=O) groups is 1. The number of amides is 1. The number of likely N-dealkylation sites (tertiary alicyclic amines) is 1. The largest absolute Gasteiger partial charge is 0.497 e. The summed E-state index contributed by atoms with van der Waals surface area (Å²) in [7, 11) is 3.85. The number of nitrogens with zero attached hydrogens (tertiary/aromatic N) is 2. The summed E-state index contributed by atoms with van der Waals surface area (Å²) in [6.45, 7) is 1.76. The summed E-state index contributed by atoms with van der Waals surface area (Å²) in [5.74, 6) is 2.79. The SMILES string of the molecule is COc1ccc(C2C(CNC(=O)CCCc3ncc(-c4ccccc4)o3)CCCN2C)cc1. The highest BCUT2D eigenvalue weighted by molar-refractivity contribution is 5.75. The summed E-state index contributed by atoms with van der Waals surface area (Å²) in [4.78, 5) is 19.3. The molecule has 0 saturated carbocycles. The molecule has 0 bridgehead atoms. The number of aromatic nitrogens is 1. The minimum atomic E-state index is 0.0894. The van der Waals surface area contributed by atoms with Crippen LogP contribution in [0.5, 0.6) is 5.75 Å². The lowest BCUT2D eigenvalue weighted by Crippen LogP contribution is -2.41. The Morgan fingerprint density at radius 2 is 1.97 bits per heavy atom. The normalized spacial score (nSPS) is 18.7. The van der Waals surface area contributed by atoms with Gasteiger partial charge in [-0.15, -0.1) is 0 Å². The van der Waals surface area contributed by atoms with E-state index >= 15 is 0 Å². The number of aryl methyl sites for hydroxylation is 1. The molecule has 33 heavy (non-hydrogen) atoms. The quantitative estimate of drug-likeness (QED) is 0.507. The van der Waals surface area contributed by atoms with Gasteiger partial charge in [-0.1, -0.05) is 42.5 Å². The number of hydrogen-bond donors (Lipinski definition) is 1. The molecule has 2 atom stereocenters. The van der Waals surface area contributed by atoms with Crippen molar-refractivity contribution in [3.05, 3.63) is 72.2 Å². The first-order valence-electron chi connectivity index (χ1n) is 11.7. The molecule has 6 nitrogen and oxygen atoms in total. The zero-order valence-corrected chi connectivity index (χ0v) is 19.5. The van der Waals surface area contributed by atoms with Gasteiger partial charge >= 0.3 is 0 Å². The van der Waals surface area contributed by atoms with Crippen molar-refractivity contribution in [1.82, 2.24) is 15.2 Å². The van der Waals surface area contributed by atoms with Crippen molar-refractivity contribution in [2.45, 2.75) is 38.1 Å². The molecule has 1 N–H and O–H groups in total. The number of rotatable bonds is 9. The molecule has 1 aliphatic heterocycles. The Bertz CT molecular complexity index is 1020. The zero-order valence-electron chi connectivity index (χ0n) is 19.5. The van der Waals surface area contributed by atoms with E-state index in [4.69, 9.17) is 9.15 Å². The van der Waals surface area contributed by atoms with Crippen molar-refractivity contribution in [2.24, 2.45) is 5.92 Å². The summed E-state index contributed by atoms with van der Waals surface area (Å²) < 4.78 is 11.1. The standard InChI is InChI=1S/C27H33N3O3/c1-30-17-7-10-22(27(30)21-13-15-23(32-2)16-14-21)18-28-25(31)11-6-12-26-29-19-24(33-26)20-8-4-3-5-9-20/h3-5,8-9,13-16,19,22,27H,6-7,10-12,17-18H2,1-2H3,(H,28,31). The lowest BCUT2D eigenvalue weighted by atomic mass is 9.85. The molecule has 3 aromatic rings. The van der Waals surface area contributed by atoms with Crippen LogP contribution in [-0.2, 0) is 11.2 Å². The van der Waals surface area contributed by atoms with Gasteiger partial charge < -0.3 is 14.5 Å². The average molecular weight is 448 g/mol. The Labute approximate surface area is 196 Å². The molecule has 1 saturated heterocycles. The van der Waals surface area contributed by atoms with Gasteiger partial charge in [0, 0.05) is 31.0 Å². The van der Waals surface area contributed by atoms with Gasteiger partial charge in [-0.3, -0.25) is 9.69 Å². The Morgan fingerprint density at radius 3 is 2.73 bits per heavy atom.